The molecule has 0 fully saturated rings. The summed E-state index contributed by atoms with van der Waals surface area (Å²) in [4.78, 5) is 4.79. The van der Waals surface area contributed by atoms with Gasteiger partial charge in [-0.1, -0.05) is 80.1 Å². The fraction of sp³-hybridized carbons (Fsp3) is 0.296. The van der Waals surface area contributed by atoms with Crippen molar-refractivity contribution in [2.24, 2.45) is 0 Å². The van der Waals surface area contributed by atoms with Gasteiger partial charge in [-0.15, -0.1) is 10.2 Å². The maximum Gasteiger partial charge on any atom is 0.247 e. The van der Waals surface area contributed by atoms with Crippen molar-refractivity contribution < 1.29 is 9.47 Å². The minimum Gasteiger partial charge on any atom is -0.493 e. The third kappa shape index (κ3) is 4.53. The molecule has 174 valence electrons. The van der Waals surface area contributed by atoms with Crippen molar-refractivity contribution in [3.8, 4) is 22.9 Å². The van der Waals surface area contributed by atoms with E-state index < -0.39 is 6.23 Å². The molecule has 5 rings (SSSR count). The van der Waals surface area contributed by atoms with Gasteiger partial charge in [0.2, 0.25) is 17.3 Å². The van der Waals surface area contributed by atoms with Crippen LogP contribution in [0.15, 0.2) is 65.8 Å². The summed E-state index contributed by atoms with van der Waals surface area (Å²) in [6.45, 7) is 4.75. The Morgan fingerprint density at radius 2 is 1.82 bits per heavy atom. The molecule has 0 saturated heterocycles. The van der Waals surface area contributed by atoms with Crippen LogP contribution in [0.3, 0.4) is 0 Å². The molecule has 1 atom stereocenters. The van der Waals surface area contributed by atoms with Crippen molar-refractivity contribution >= 4 is 28.2 Å². The molecule has 0 bridgehead atoms. The monoisotopic (exact) mass is 472 g/mol. The number of nitrogens with one attached hydrogen (secondary N) is 1. The topological polar surface area (TPSA) is 69.2 Å². The molecule has 0 radical (unpaired) electrons. The predicted molar refractivity (Wildman–Crippen MR) is 138 cm³/mol. The van der Waals surface area contributed by atoms with E-state index in [4.69, 9.17) is 14.5 Å². The molecule has 34 heavy (non-hydrogen) atoms. The minimum absolute atomic E-state index is 0.478. The highest BCUT2D eigenvalue weighted by Gasteiger charge is 2.29. The second kappa shape index (κ2) is 10.3. The van der Waals surface area contributed by atoms with E-state index in [9.17, 15) is 0 Å². The molecule has 1 aliphatic rings. The summed E-state index contributed by atoms with van der Waals surface area (Å²) < 4.78 is 12.6. The van der Waals surface area contributed by atoms with Gasteiger partial charge in [0.1, 0.15) is 5.75 Å². The van der Waals surface area contributed by atoms with E-state index >= 15 is 0 Å². The number of thioether (sulfide) groups is 1. The normalized spacial score (nSPS) is 14.5. The number of rotatable bonds is 8. The Kier molecular flexibility index (Phi) is 6.81. The lowest BCUT2D eigenvalue weighted by atomic mass is 10.0. The Hall–Kier alpha value is -3.32. The lowest BCUT2D eigenvalue weighted by Crippen LogP contribution is -2.19. The third-order valence-corrected chi connectivity index (χ3v) is 6.73. The maximum atomic E-state index is 6.57. The summed E-state index contributed by atoms with van der Waals surface area (Å²) in [6, 6.07) is 20.4. The van der Waals surface area contributed by atoms with Gasteiger partial charge in [0.25, 0.3) is 0 Å². The first-order valence-electron chi connectivity index (χ1n) is 11.8. The lowest BCUT2D eigenvalue weighted by molar-refractivity contribution is 0.218. The highest BCUT2D eigenvalue weighted by molar-refractivity contribution is 7.99. The Balaban J connectivity index is 1.60. The van der Waals surface area contributed by atoms with Gasteiger partial charge in [0.15, 0.2) is 5.69 Å². The molecular formula is C27H28N4O2S. The summed E-state index contributed by atoms with van der Waals surface area (Å²) in [5.74, 6) is 2.23. The van der Waals surface area contributed by atoms with Crippen molar-refractivity contribution in [1.82, 2.24) is 15.2 Å². The summed E-state index contributed by atoms with van der Waals surface area (Å²) in [6.07, 6.45) is 3.00. The fourth-order valence-electron chi connectivity index (χ4n) is 4.18. The van der Waals surface area contributed by atoms with Gasteiger partial charge in [0.05, 0.1) is 12.2 Å². The van der Waals surface area contributed by atoms with Crippen molar-refractivity contribution in [2.75, 3.05) is 17.7 Å². The van der Waals surface area contributed by atoms with Crippen LogP contribution >= 0.6 is 11.8 Å². The first-order valence-corrected chi connectivity index (χ1v) is 12.8. The molecule has 0 unspecified atom stereocenters. The number of anilines is 1. The summed E-state index contributed by atoms with van der Waals surface area (Å²) >= 11 is 1.62. The van der Waals surface area contributed by atoms with Crippen molar-refractivity contribution in [1.29, 1.82) is 0 Å². The molecular weight excluding hydrogens is 444 g/mol. The minimum atomic E-state index is -0.510. The molecule has 6 nitrogen and oxygen atoms in total. The van der Waals surface area contributed by atoms with Crippen LogP contribution in [0.25, 0.3) is 22.0 Å². The van der Waals surface area contributed by atoms with E-state index in [0.717, 1.165) is 45.5 Å². The molecule has 7 heteroatoms. The van der Waals surface area contributed by atoms with Crippen LogP contribution in [0.5, 0.6) is 11.6 Å². The number of hydrogen-bond acceptors (Lipinski definition) is 7. The Bertz CT molecular complexity index is 1300. The zero-order valence-electron chi connectivity index (χ0n) is 19.5. The van der Waals surface area contributed by atoms with Gasteiger partial charge in [-0.2, -0.15) is 4.98 Å². The Morgan fingerprint density at radius 1 is 0.971 bits per heavy atom. The number of hydrogen-bond donors (Lipinski definition) is 1. The van der Waals surface area contributed by atoms with Crippen molar-refractivity contribution in [3.05, 3.63) is 66.2 Å². The van der Waals surface area contributed by atoms with Crippen LogP contribution in [-0.2, 0) is 0 Å². The smallest absolute Gasteiger partial charge is 0.247 e. The second-order valence-corrected chi connectivity index (χ2v) is 9.19. The van der Waals surface area contributed by atoms with E-state index in [2.05, 4.69) is 40.6 Å². The highest BCUT2D eigenvalue weighted by atomic mass is 32.2. The van der Waals surface area contributed by atoms with E-state index in [-0.39, 0.29) is 0 Å². The highest BCUT2D eigenvalue weighted by Crippen LogP contribution is 2.43. The van der Waals surface area contributed by atoms with E-state index in [1.165, 1.54) is 12.8 Å². The lowest BCUT2D eigenvalue weighted by Gasteiger charge is -2.23. The number of benzene rings is 3. The quantitative estimate of drug-likeness (QED) is 0.221. The molecule has 0 amide bonds. The molecule has 1 N–H and O–H groups in total. The molecule has 2 heterocycles. The average Bonchev–Trinajstić information content (AvgIpc) is 3.03. The van der Waals surface area contributed by atoms with Gasteiger partial charge >= 0.3 is 0 Å². The maximum absolute atomic E-state index is 6.57. The SMILES string of the molecule is CCCCCSc1nnc2c(n1)O[C@@H](c1c(OCC)ccc3ccccc13)Nc1ccccc1-2. The number of nitrogens with zero attached hydrogens (tertiary/aromatic N) is 3. The van der Waals surface area contributed by atoms with Crippen LogP contribution in [-0.4, -0.2) is 27.5 Å². The van der Waals surface area contributed by atoms with E-state index in [1.807, 2.05) is 49.4 Å². The van der Waals surface area contributed by atoms with Gasteiger partial charge in [-0.3, -0.25) is 0 Å². The molecule has 1 aliphatic heterocycles. The third-order valence-electron chi connectivity index (χ3n) is 5.81. The summed E-state index contributed by atoms with van der Waals surface area (Å²) in [5, 5.41) is 15.3. The molecule has 4 aromatic rings. The van der Waals surface area contributed by atoms with Gasteiger partial charge in [-0.25, -0.2) is 0 Å². The van der Waals surface area contributed by atoms with Crippen molar-refractivity contribution in [2.45, 2.75) is 44.5 Å². The molecule has 3 aromatic carbocycles. The van der Waals surface area contributed by atoms with E-state index in [0.29, 0.717) is 23.3 Å². The van der Waals surface area contributed by atoms with Gasteiger partial charge < -0.3 is 14.8 Å². The van der Waals surface area contributed by atoms with E-state index in [1.54, 1.807) is 11.8 Å². The average molecular weight is 473 g/mol. The van der Waals surface area contributed by atoms with Crippen LogP contribution < -0.4 is 14.8 Å². The Labute approximate surface area is 204 Å². The van der Waals surface area contributed by atoms with Gasteiger partial charge in [-0.05, 0) is 36.2 Å². The fourth-order valence-corrected chi connectivity index (χ4v) is 4.96. The summed E-state index contributed by atoms with van der Waals surface area (Å²) in [7, 11) is 0. The largest absolute Gasteiger partial charge is 0.493 e. The first kappa shape index (κ1) is 22.5. The molecule has 0 spiro atoms. The molecule has 0 aliphatic carbocycles. The zero-order chi connectivity index (χ0) is 23.3. The number of fused-ring (bicyclic) bond motifs is 4. The first-order chi connectivity index (χ1) is 16.8. The van der Waals surface area contributed by atoms with Gasteiger partial charge in [0, 0.05) is 17.0 Å². The van der Waals surface area contributed by atoms with Crippen molar-refractivity contribution in [3.63, 3.8) is 0 Å². The predicted octanol–water partition coefficient (Wildman–Crippen LogP) is 6.88. The second-order valence-electron chi connectivity index (χ2n) is 8.12. The van der Waals surface area contributed by atoms with Crippen LogP contribution in [0, 0.1) is 0 Å². The summed E-state index contributed by atoms with van der Waals surface area (Å²) in [5.41, 5.74) is 3.42. The zero-order valence-corrected chi connectivity index (χ0v) is 20.3. The standard InChI is InChI=1S/C27H28N4O2S/c1-3-5-10-17-34-27-29-26-24(30-31-27)20-13-8-9-14-21(20)28-25(33-26)23-19-12-7-6-11-18(19)15-16-22(23)32-4-2/h6-9,11-16,25,28H,3-5,10,17H2,1-2H3/t25-/m0/s1. The number of para-hydroxylation sites is 1. The molecule has 1 aromatic heterocycles. The molecule has 0 saturated carbocycles. The van der Waals surface area contributed by atoms with Crippen LogP contribution in [0.1, 0.15) is 44.9 Å². The number of aromatic nitrogens is 3. The number of unbranched alkanes of at least 4 members (excludes halogenated alkanes) is 2. The number of ether oxygens (including phenoxy) is 2. The van der Waals surface area contributed by atoms with Crippen LogP contribution in [0.4, 0.5) is 5.69 Å². The Morgan fingerprint density at radius 3 is 2.71 bits per heavy atom. The van der Waals surface area contributed by atoms with Crippen LogP contribution in [0.2, 0.25) is 0 Å².